The Balaban J connectivity index is 1.98. The van der Waals surface area contributed by atoms with Crippen molar-refractivity contribution in [1.82, 2.24) is 20.2 Å². The lowest BCUT2D eigenvalue weighted by Gasteiger charge is -1.97. The van der Waals surface area contributed by atoms with Crippen LogP contribution in [0.3, 0.4) is 0 Å². The summed E-state index contributed by atoms with van der Waals surface area (Å²) >= 11 is 0. The number of benzene rings is 1. The summed E-state index contributed by atoms with van der Waals surface area (Å²) in [5, 5.41) is 11.7. The fourth-order valence-electron chi connectivity index (χ4n) is 1.40. The van der Waals surface area contributed by atoms with Gasteiger partial charge in [0.15, 0.2) is 5.82 Å². The third kappa shape index (κ3) is 4.08. The smallest absolute Gasteiger partial charge is 0.212 e. The van der Waals surface area contributed by atoms with Gasteiger partial charge in [-0.15, -0.1) is 10.2 Å². The summed E-state index contributed by atoms with van der Waals surface area (Å²) < 4.78 is 21.6. The van der Waals surface area contributed by atoms with E-state index in [2.05, 4.69) is 15.4 Å². The SMILES string of the molecule is O=S(=O)(Cl)CCc1nnn(Cc2ccccc2)n1. The van der Waals surface area contributed by atoms with E-state index in [0.29, 0.717) is 12.4 Å². The molecule has 0 atom stereocenters. The lowest BCUT2D eigenvalue weighted by molar-refractivity contribution is 0.570. The van der Waals surface area contributed by atoms with Gasteiger partial charge in [-0.2, -0.15) is 4.80 Å². The summed E-state index contributed by atoms with van der Waals surface area (Å²) in [7, 11) is 1.59. The van der Waals surface area contributed by atoms with Crippen molar-refractivity contribution in [2.45, 2.75) is 13.0 Å². The van der Waals surface area contributed by atoms with Gasteiger partial charge in [0, 0.05) is 17.1 Å². The van der Waals surface area contributed by atoms with E-state index < -0.39 is 9.05 Å². The molecular formula is C10H11ClN4O2S. The number of halogens is 1. The summed E-state index contributed by atoms with van der Waals surface area (Å²) in [5.41, 5.74) is 1.05. The lowest BCUT2D eigenvalue weighted by atomic mass is 10.2. The maximum atomic E-state index is 10.8. The Labute approximate surface area is 109 Å². The Morgan fingerprint density at radius 2 is 1.94 bits per heavy atom. The Hall–Kier alpha value is -1.47. The number of tetrazole rings is 1. The average molecular weight is 287 g/mol. The molecule has 96 valence electrons. The highest BCUT2D eigenvalue weighted by Gasteiger charge is 2.09. The van der Waals surface area contributed by atoms with Crippen LogP contribution < -0.4 is 0 Å². The number of aryl methyl sites for hydroxylation is 1. The second-order valence-electron chi connectivity index (χ2n) is 3.71. The minimum Gasteiger partial charge on any atom is -0.212 e. The topological polar surface area (TPSA) is 77.7 Å². The van der Waals surface area contributed by atoms with Gasteiger partial charge in [0.2, 0.25) is 9.05 Å². The Morgan fingerprint density at radius 3 is 2.61 bits per heavy atom. The van der Waals surface area contributed by atoms with E-state index in [4.69, 9.17) is 10.7 Å². The Bertz CT molecular complexity index is 612. The van der Waals surface area contributed by atoms with Crippen molar-refractivity contribution in [2.24, 2.45) is 0 Å². The monoisotopic (exact) mass is 286 g/mol. The lowest BCUT2D eigenvalue weighted by Crippen LogP contribution is -2.05. The predicted molar refractivity (Wildman–Crippen MR) is 66.7 cm³/mol. The molecule has 0 amide bonds. The van der Waals surface area contributed by atoms with E-state index in [-0.39, 0.29) is 12.2 Å². The van der Waals surface area contributed by atoms with Crippen LogP contribution in [-0.4, -0.2) is 34.4 Å². The first-order chi connectivity index (χ1) is 8.53. The molecule has 0 radical (unpaired) electrons. The summed E-state index contributed by atoms with van der Waals surface area (Å²) in [6.45, 7) is 0.501. The summed E-state index contributed by atoms with van der Waals surface area (Å²) in [4.78, 5) is 1.42. The van der Waals surface area contributed by atoms with Crippen molar-refractivity contribution in [1.29, 1.82) is 0 Å². The molecule has 0 saturated carbocycles. The molecule has 0 fully saturated rings. The van der Waals surface area contributed by atoms with Crippen molar-refractivity contribution in [3.05, 3.63) is 41.7 Å². The molecule has 2 rings (SSSR count). The number of aromatic nitrogens is 4. The second-order valence-corrected chi connectivity index (χ2v) is 6.61. The summed E-state index contributed by atoms with van der Waals surface area (Å²) in [6.07, 6.45) is 0.167. The number of hydrogen-bond acceptors (Lipinski definition) is 5. The highest BCUT2D eigenvalue weighted by atomic mass is 35.7. The fraction of sp³-hybridized carbons (Fsp3) is 0.300. The van der Waals surface area contributed by atoms with E-state index in [9.17, 15) is 8.42 Å². The highest BCUT2D eigenvalue weighted by Crippen LogP contribution is 2.02. The average Bonchev–Trinajstić information content (AvgIpc) is 2.75. The maximum absolute atomic E-state index is 10.8. The van der Waals surface area contributed by atoms with Gasteiger partial charge in [0.1, 0.15) is 0 Å². The largest absolute Gasteiger partial charge is 0.233 e. The first-order valence-electron chi connectivity index (χ1n) is 5.26. The molecule has 0 aliphatic heterocycles. The van der Waals surface area contributed by atoms with Gasteiger partial charge in [-0.1, -0.05) is 30.3 Å². The Kier molecular flexibility index (Phi) is 3.93. The molecule has 2 aromatic rings. The summed E-state index contributed by atoms with van der Waals surface area (Å²) in [6, 6.07) is 9.67. The minimum atomic E-state index is -3.52. The molecule has 18 heavy (non-hydrogen) atoms. The van der Waals surface area contributed by atoms with Crippen LogP contribution in [0.5, 0.6) is 0 Å². The first-order valence-corrected chi connectivity index (χ1v) is 7.74. The number of hydrogen-bond donors (Lipinski definition) is 0. The molecular weight excluding hydrogens is 276 g/mol. The molecule has 1 aromatic heterocycles. The molecule has 0 spiro atoms. The third-order valence-corrected chi connectivity index (χ3v) is 3.39. The van der Waals surface area contributed by atoms with Gasteiger partial charge in [-0.3, -0.25) is 0 Å². The first kappa shape index (κ1) is 13.0. The van der Waals surface area contributed by atoms with E-state index >= 15 is 0 Å². The zero-order valence-electron chi connectivity index (χ0n) is 9.40. The van der Waals surface area contributed by atoms with Crippen LogP contribution in [0.4, 0.5) is 0 Å². The number of nitrogens with zero attached hydrogens (tertiary/aromatic N) is 4. The second kappa shape index (κ2) is 5.45. The van der Waals surface area contributed by atoms with E-state index in [1.54, 1.807) is 0 Å². The standard InChI is InChI=1S/C10H11ClN4O2S/c11-18(16,17)7-6-10-12-14-15(13-10)8-9-4-2-1-3-5-9/h1-5H,6-8H2. The van der Waals surface area contributed by atoms with Gasteiger partial charge >= 0.3 is 0 Å². The van der Waals surface area contributed by atoms with Gasteiger partial charge in [-0.05, 0) is 10.8 Å². The third-order valence-electron chi connectivity index (χ3n) is 2.23. The zero-order valence-corrected chi connectivity index (χ0v) is 11.0. The van der Waals surface area contributed by atoms with E-state index in [1.807, 2.05) is 30.3 Å². The van der Waals surface area contributed by atoms with Crippen molar-refractivity contribution >= 4 is 19.7 Å². The molecule has 1 aromatic carbocycles. The van der Waals surface area contributed by atoms with Crippen LogP contribution in [-0.2, 0) is 22.0 Å². The highest BCUT2D eigenvalue weighted by molar-refractivity contribution is 8.13. The van der Waals surface area contributed by atoms with E-state index in [0.717, 1.165) is 5.56 Å². The molecule has 0 saturated heterocycles. The summed E-state index contributed by atoms with van der Waals surface area (Å²) in [5.74, 6) is 0.182. The zero-order chi connectivity index (χ0) is 13.0. The molecule has 6 nitrogen and oxygen atoms in total. The maximum Gasteiger partial charge on any atom is 0.233 e. The quantitative estimate of drug-likeness (QED) is 0.761. The van der Waals surface area contributed by atoms with E-state index in [1.165, 1.54) is 4.80 Å². The van der Waals surface area contributed by atoms with Crippen LogP contribution >= 0.6 is 10.7 Å². The van der Waals surface area contributed by atoms with Crippen molar-refractivity contribution < 1.29 is 8.42 Å². The van der Waals surface area contributed by atoms with Crippen LogP contribution in [0.15, 0.2) is 30.3 Å². The molecule has 0 bridgehead atoms. The van der Waals surface area contributed by atoms with Gasteiger partial charge < -0.3 is 0 Å². The molecule has 0 N–H and O–H groups in total. The molecule has 0 aliphatic rings. The van der Waals surface area contributed by atoms with Crippen LogP contribution in [0.2, 0.25) is 0 Å². The van der Waals surface area contributed by atoms with Crippen LogP contribution in [0, 0.1) is 0 Å². The molecule has 1 heterocycles. The molecule has 8 heteroatoms. The van der Waals surface area contributed by atoms with Gasteiger partial charge in [-0.25, -0.2) is 8.42 Å². The van der Waals surface area contributed by atoms with Crippen LogP contribution in [0.1, 0.15) is 11.4 Å². The van der Waals surface area contributed by atoms with Gasteiger partial charge in [0.05, 0.1) is 12.3 Å². The normalized spacial score (nSPS) is 11.6. The van der Waals surface area contributed by atoms with Crippen molar-refractivity contribution in [2.75, 3.05) is 5.75 Å². The van der Waals surface area contributed by atoms with Crippen LogP contribution in [0.25, 0.3) is 0 Å². The van der Waals surface area contributed by atoms with Gasteiger partial charge in [0.25, 0.3) is 0 Å². The Morgan fingerprint density at radius 1 is 1.22 bits per heavy atom. The fourth-order valence-corrected chi connectivity index (χ4v) is 2.06. The van der Waals surface area contributed by atoms with Crippen molar-refractivity contribution in [3.63, 3.8) is 0 Å². The minimum absolute atomic E-state index is 0.167. The predicted octanol–water partition coefficient (Wildman–Crippen LogP) is 0.833. The van der Waals surface area contributed by atoms with Crippen molar-refractivity contribution in [3.8, 4) is 0 Å². The molecule has 0 aliphatic carbocycles. The number of rotatable bonds is 5. The molecule has 0 unspecified atom stereocenters.